The molecule has 0 bridgehead atoms. The fourth-order valence-corrected chi connectivity index (χ4v) is 3.33. The summed E-state index contributed by atoms with van der Waals surface area (Å²) in [4.78, 5) is 27.1. The minimum atomic E-state index is -0.567. The van der Waals surface area contributed by atoms with Gasteiger partial charge in [0.2, 0.25) is 0 Å². The molecule has 0 aliphatic carbocycles. The maximum Gasteiger partial charge on any atom is 0.340 e. The van der Waals surface area contributed by atoms with E-state index in [4.69, 9.17) is 27.9 Å². The SMILES string of the molecule is COC(=O)C1=C(C)N(c2cccc(C)c2)C(=O)/C1=C\c1ccc(Cl)c(Cl)c1. The van der Waals surface area contributed by atoms with Crippen molar-refractivity contribution in [2.75, 3.05) is 12.0 Å². The Labute approximate surface area is 167 Å². The number of benzene rings is 2. The average Bonchev–Trinajstić information content (AvgIpc) is 2.87. The fourth-order valence-electron chi connectivity index (χ4n) is 3.03. The third kappa shape index (κ3) is 3.64. The van der Waals surface area contributed by atoms with E-state index in [0.29, 0.717) is 27.0 Å². The molecular formula is C21H17Cl2NO3. The van der Waals surface area contributed by atoms with Gasteiger partial charge in [0.15, 0.2) is 0 Å². The molecule has 3 rings (SSSR count). The number of amides is 1. The number of allylic oxidation sites excluding steroid dienone is 1. The van der Waals surface area contributed by atoms with E-state index in [2.05, 4.69) is 0 Å². The number of carbonyl (C=O) groups is 2. The van der Waals surface area contributed by atoms with E-state index in [1.54, 1.807) is 31.2 Å². The van der Waals surface area contributed by atoms with Crippen LogP contribution in [0.1, 0.15) is 18.1 Å². The van der Waals surface area contributed by atoms with Gasteiger partial charge < -0.3 is 4.74 Å². The van der Waals surface area contributed by atoms with Gasteiger partial charge in [0.05, 0.1) is 28.3 Å². The standard InChI is InChI=1S/C21H17Cl2NO3/c1-12-5-4-6-15(9-12)24-13(2)19(21(26)27-3)16(20(24)25)10-14-7-8-17(22)18(23)11-14/h4-11H,1-3H3/b16-10-. The summed E-state index contributed by atoms with van der Waals surface area (Å²) >= 11 is 12.0. The van der Waals surface area contributed by atoms with E-state index >= 15 is 0 Å². The van der Waals surface area contributed by atoms with E-state index in [9.17, 15) is 9.59 Å². The highest BCUT2D eigenvalue weighted by Crippen LogP contribution is 2.36. The number of ether oxygens (including phenoxy) is 1. The van der Waals surface area contributed by atoms with Gasteiger partial charge in [0.25, 0.3) is 5.91 Å². The fraction of sp³-hybridized carbons (Fsp3) is 0.143. The van der Waals surface area contributed by atoms with Crippen molar-refractivity contribution < 1.29 is 14.3 Å². The van der Waals surface area contributed by atoms with Gasteiger partial charge in [0, 0.05) is 11.4 Å². The lowest BCUT2D eigenvalue weighted by Gasteiger charge is -2.18. The highest BCUT2D eigenvalue weighted by atomic mass is 35.5. The van der Waals surface area contributed by atoms with Gasteiger partial charge in [0.1, 0.15) is 0 Å². The molecule has 2 aromatic carbocycles. The van der Waals surface area contributed by atoms with Crippen LogP contribution in [0.3, 0.4) is 0 Å². The van der Waals surface area contributed by atoms with Crippen molar-refractivity contribution in [2.45, 2.75) is 13.8 Å². The molecule has 0 unspecified atom stereocenters. The van der Waals surface area contributed by atoms with Crippen LogP contribution in [0, 0.1) is 6.92 Å². The number of rotatable bonds is 3. The third-order valence-corrected chi connectivity index (χ3v) is 5.04. The van der Waals surface area contributed by atoms with Crippen molar-refractivity contribution >= 4 is 46.8 Å². The average molecular weight is 402 g/mol. The molecule has 138 valence electrons. The summed E-state index contributed by atoms with van der Waals surface area (Å²) in [7, 11) is 1.29. The van der Waals surface area contributed by atoms with Gasteiger partial charge in [-0.3, -0.25) is 9.69 Å². The van der Waals surface area contributed by atoms with Gasteiger partial charge in [-0.25, -0.2) is 4.79 Å². The van der Waals surface area contributed by atoms with Gasteiger partial charge in [-0.2, -0.15) is 0 Å². The third-order valence-electron chi connectivity index (χ3n) is 4.30. The molecule has 27 heavy (non-hydrogen) atoms. The Morgan fingerprint density at radius 3 is 2.44 bits per heavy atom. The number of hydrogen-bond acceptors (Lipinski definition) is 3. The van der Waals surface area contributed by atoms with Crippen LogP contribution in [-0.2, 0) is 14.3 Å². The van der Waals surface area contributed by atoms with Crippen LogP contribution in [0.25, 0.3) is 6.08 Å². The van der Waals surface area contributed by atoms with Crippen LogP contribution in [-0.4, -0.2) is 19.0 Å². The van der Waals surface area contributed by atoms with Gasteiger partial charge in [-0.1, -0.05) is 41.4 Å². The molecule has 0 atom stereocenters. The molecule has 0 fully saturated rings. The number of methoxy groups -OCH3 is 1. The second-order valence-corrected chi connectivity index (χ2v) is 6.98. The zero-order chi connectivity index (χ0) is 19.7. The summed E-state index contributed by atoms with van der Waals surface area (Å²) in [5, 5.41) is 0.783. The zero-order valence-corrected chi connectivity index (χ0v) is 16.6. The maximum atomic E-state index is 13.2. The van der Waals surface area contributed by atoms with Crippen molar-refractivity contribution in [3.63, 3.8) is 0 Å². The smallest absolute Gasteiger partial charge is 0.340 e. The van der Waals surface area contributed by atoms with Crippen molar-refractivity contribution in [3.8, 4) is 0 Å². The lowest BCUT2D eigenvalue weighted by Crippen LogP contribution is -2.24. The van der Waals surface area contributed by atoms with Crippen molar-refractivity contribution in [1.29, 1.82) is 0 Å². The number of hydrogen-bond donors (Lipinski definition) is 0. The first kappa shape index (κ1) is 19.2. The summed E-state index contributed by atoms with van der Waals surface area (Å²) in [6.45, 7) is 3.67. The zero-order valence-electron chi connectivity index (χ0n) is 15.0. The Balaban J connectivity index is 2.15. The predicted octanol–water partition coefficient (Wildman–Crippen LogP) is 5.18. The molecule has 0 saturated carbocycles. The second-order valence-electron chi connectivity index (χ2n) is 6.16. The first-order valence-electron chi connectivity index (χ1n) is 8.21. The first-order valence-corrected chi connectivity index (χ1v) is 8.96. The topological polar surface area (TPSA) is 46.6 Å². The lowest BCUT2D eigenvalue weighted by molar-refractivity contribution is -0.136. The monoisotopic (exact) mass is 401 g/mol. The number of esters is 1. The van der Waals surface area contributed by atoms with Crippen LogP contribution in [0.5, 0.6) is 0 Å². The molecule has 1 heterocycles. The van der Waals surface area contributed by atoms with Crippen LogP contribution < -0.4 is 4.90 Å². The first-order chi connectivity index (χ1) is 12.8. The van der Waals surface area contributed by atoms with E-state index in [1.165, 1.54) is 12.0 Å². The molecule has 0 aromatic heterocycles. The summed E-state index contributed by atoms with van der Waals surface area (Å²) in [5.41, 5.74) is 3.36. The molecule has 6 heteroatoms. The Morgan fingerprint density at radius 1 is 1.07 bits per heavy atom. The maximum absolute atomic E-state index is 13.2. The van der Waals surface area contributed by atoms with E-state index in [0.717, 1.165) is 5.56 Å². The minimum absolute atomic E-state index is 0.232. The van der Waals surface area contributed by atoms with Crippen LogP contribution >= 0.6 is 23.2 Å². The molecule has 1 aliphatic heterocycles. The molecule has 0 saturated heterocycles. The molecule has 0 spiro atoms. The second kappa shape index (κ2) is 7.59. The Hall–Kier alpha value is -2.56. The van der Waals surface area contributed by atoms with Gasteiger partial charge >= 0.3 is 5.97 Å². The molecular weight excluding hydrogens is 385 g/mol. The molecule has 2 aromatic rings. The molecule has 1 aliphatic rings. The lowest BCUT2D eigenvalue weighted by atomic mass is 10.0. The predicted molar refractivity (Wildman–Crippen MR) is 108 cm³/mol. The Kier molecular flexibility index (Phi) is 5.40. The van der Waals surface area contributed by atoms with Crippen molar-refractivity contribution in [2.24, 2.45) is 0 Å². The van der Waals surface area contributed by atoms with Crippen LogP contribution in [0.15, 0.2) is 59.3 Å². The van der Waals surface area contributed by atoms with E-state index < -0.39 is 5.97 Å². The Morgan fingerprint density at radius 2 is 1.81 bits per heavy atom. The van der Waals surface area contributed by atoms with Crippen molar-refractivity contribution in [1.82, 2.24) is 0 Å². The van der Waals surface area contributed by atoms with Gasteiger partial charge in [-0.15, -0.1) is 0 Å². The number of nitrogens with zero attached hydrogens (tertiary/aromatic N) is 1. The molecule has 0 N–H and O–H groups in total. The summed E-state index contributed by atoms with van der Waals surface area (Å²) in [6.07, 6.45) is 1.62. The van der Waals surface area contributed by atoms with Crippen LogP contribution in [0.4, 0.5) is 5.69 Å². The van der Waals surface area contributed by atoms with E-state index in [-0.39, 0.29) is 17.1 Å². The number of halogens is 2. The largest absolute Gasteiger partial charge is 0.465 e. The minimum Gasteiger partial charge on any atom is -0.465 e. The Bertz CT molecular complexity index is 1010. The summed E-state index contributed by atoms with van der Waals surface area (Å²) in [6, 6.07) is 12.5. The van der Waals surface area contributed by atoms with Gasteiger partial charge in [-0.05, 0) is 55.3 Å². The quantitative estimate of drug-likeness (QED) is 0.525. The number of aryl methyl sites for hydroxylation is 1. The summed E-state index contributed by atoms with van der Waals surface area (Å²) in [5.74, 6) is -0.869. The van der Waals surface area contributed by atoms with E-state index in [1.807, 2.05) is 31.2 Å². The normalized spacial score (nSPS) is 15.7. The summed E-state index contributed by atoms with van der Waals surface area (Å²) < 4.78 is 4.91. The highest BCUT2D eigenvalue weighted by Gasteiger charge is 2.37. The number of carbonyl (C=O) groups excluding carboxylic acids is 2. The van der Waals surface area contributed by atoms with Crippen molar-refractivity contribution in [3.05, 3.63) is 80.5 Å². The molecule has 1 amide bonds. The molecule has 0 radical (unpaired) electrons. The molecule has 4 nitrogen and oxygen atoms in total. The van der Waals surface area contributed by atoms with Crippen LogP contribution in [0.2, 0.25) is 10.0 Å². The highest BCUT2D eigenvalue weighted by molar-refractivity contribution is 6.42. The number of anilines is 1.